The molecule has 0 N–H and O–H groups in total. The lowest BCUT2D eigenvalue weighted by atomic mass is 10.1. The molecule has 5 rings (SSSR count). The van der Waals surface area contributed by atoms with Gasteiger partial charge >= 0.3 is 0 Å². The molecular weight excluding hydrogens is 405 g/mol. The summed E-state index contributed by atoms with van der Waals surface area (Å²) in [5, 5.41) is 21.4. The van der Waals surface area contributed by atoms with Gasteiger partial charge in [-0.25, -0.2) is 4.39 Å². The molecule has 0 fully saturated rings. The van der Waals surface area contributed by atoms with E-state index in [1.54, 1.807) is 23.9 Å². The molecule has 0 saturated heterocycles. The maximum Gasteiger partial charge on any atom is 0.182 e. The van der Waals surface area contributed by atoms with Gasteiger partial charge in [-0.05, 0) is 42.0 Å². The van der Waals surface area contributed by atoms with Crippen LogP contribution >= 0.6 is 23.5 Å². The van der Waals surface area contributed by atoms with Crippen molar-refractivity contribution in [3.8, 4) is 11.8 Å². The lowest BCUT2D eigenvalue weighted by Crippen LogP contribution is -2.14. The van der Waals surface area contributed by atoms with E-state index < -0.39 is 0 Å². The summed E-state index contributed by atoms with van der Waals surface area (Å²) >= 11 is 3.18. The summed E-state index contributed by atoms with van der Waals surface area (Å²) in [5.74, 6) is 1.80. The first kappa shape index (κ1) is 18.0. The Bertz CT molecular complexity index is 1220. The minimum Gasteiger partial charge on any atom is -0.337 e. The topological polar surface area (TPSA) is 57.7 Å². The van der Waals surface area contributed by atoms with Gasteiger partial charge in [0.05, 0.1) is 17.1 Å². The minimum absolute atomic E-state index is 0.275. The molecule has 0 atom stereocenters. The fraction of sp³-hybridized carbons (Fsp3) is 0.0952. The van der Waals surface area contributed by atoms with Gasteiger partial charge in [0.2, 0.25) is 0 Å². The standard InChI is InChI=1S/C21H14FN5S2/c1-26-17(13-6-8-14(22)9-7-13)11-29-21(26)15(10-23)20-25-24-19-12-28-18-5-3-2-4-16(18)27(19)20/h2-9,11H,12H2,1H3/b21-15+. The Hall–Kier alpha value is -3.02. The average Bonchev–Trinajstić information content (AvgIpc) is 3.34. The lowest BCUT2D eigenvalue weighted by Gasteiger charge is -2.21. The van der Waals surface area contributed by atoms with Gasteiger partial charge in [0.1, 0.15) is 28.3 Å². The third kappa shape index (κ3) is 2.94. The number of para-hydroxylation sites is 1. The van der Waals surface area contributed by atoms with E-state index in [0.29, 0.717) is 17.2 Å². The molecule has 142 valence electrons. The van der Waals surface area contributed by atoms with Crippen molar-refractivity contribution >= 4 is 34.8 Å². The number of allylic oxidation sites excluding steroid dienone is 1. The molecule has 3 aromatic rings. The van der Waals surface area contributed by atoms with Crippen LogP contribution in [0.5, 0.6) is 0 Å². The molecule has 2 aromatic carbocycles. The van der Waals surface area contributed by atoms with Crippen LogP contribution in [0.2, 0.25) is 0 Å². The SMILES string of the molecule is CN1C(c2ccc(F)cc2)=CS/C1=C(\C#N)c1nnc2n1-c1ccccc1SC2. The molecule has 0 amide bonds. The van der Waals surface area contributed by atoms with E-state index >= 15 is 0 Å². The molecule has 0 radical (unpaired) electrons. The first-order chi connectivity index (χ1) is 14.2. The largest absolute Gasteiger partial charge is 0.337 e. The van der Waals surface area contributed by atoms with E-state index in [1.165, 1.54) is 23.9 Å². The maximum atomic E-state index is 13.3. The van der Waals surface area contributed by atoms with E-state index in [0.717, 1.165) is 32.7 Å². The van der Waals surface area contributed by atoms with Crippen LogP contribution < -0.4 is 0 Å². The Balaban J connectivity index is 1.59. The molecule has 0 saturated carbocycles. The van der Waals surface area contributed by atoms with Crippen LogP contribution in [0.1, 0.15) is 17.2 Å². The molecule has 0 unspecified atom stereocenters. The Morgan fingerprint density at radius 3 is 2.72 bits per heavy atom. The monoisotopic (exact) mass is 419 g/mol. The number of rotatable bonds is 2. The summed E-state index contributed by atoms with van der Waals surface area (Å²) in [6, 6.07) is 16.7. The van der Waals surface area contributed by atoms with Gasteiger partial charge in [-0.15, -0.1) is 22.0 Å². The van der Waals surface area contributed by atoms with E-state index in [1.807, 2.05) is 40.1 Å². The van der Waals surface area contributed by atoms with Crippen molar-refractivity contribution in [3.63, 3.8) is 0 Å². The highest BCUT2D eigenvalue weighted by atomic mass is 32.2. The zero-order valence-electron chi connectivity index (χ0n) is 15.3. The van der Waals surface area contributed by atoms with Crippen molar-refractivity contribution in [2.45, 2.75) is 10.6 Å². The molecule has 3 heterocycles. The van der Waals surface area contributed by atoms with Crippen molar-refractivity contribution in [1.82, 2.24) is 19.7 Å². The number of benzene rings is 2. The van der Waals surface area contributed by atoms with Crippen molar-refractivity contribution in [3.05, 3.63) is 82.0 Å². The summed E-state index contributed by atoms with van der Waals surface area (Å²) in [6.45, 7) is 0. The lowest BCUT2D eigenvalue weighted by molar-refractivity contribution is 0.625. The zero-order chi connectivity index (χ0) is 20.0. The number of hydrogen-bond donors (Lipinski definition) is 0. The highest BCUT2D eigenvalue weighted by Crippen LogP contribution is 2.43. The third-order valence-corrected chi connectivity index (χ3v) is 6.93. The second-order valence-electron chi connectivity index (χ2n) is 6.51. The van der Waals surface area contributed by atoms with Gasteiger partial charge in [-0.3, -0.25) is 4.57 Å². The Morgan fingerprint density at radius 1 is 1.14 bits per heavy atom. The number of halogens is 1. The number of nitrogens with zero attached hydrogens (tertiary/aromatic N) is 5. The zero-order valence-corrected chi connectivity index (χ0v) is 17.0. The summed E-state index contributed by atoms with van der Waals surface area (Å²) in [7, 11) is 1.90. The van der Waals surface area contributed by atoms with E-state index in [2.05, 4.69) is 22.3 Å². The molecule has 2 aliphatic rings. The summed E-state index contributed by atoms with van der Waals surface area (Å²) in [4.78, 5) is 3.09. The molecular formula is C21H14FN5S2. The molecule has 0 bridgehead atoms. The Labute approximate surface area is 175 Å². The fourth-order valence-electron chi connectivity index (χ4n) is 3.41. The maximum absolute atomic E-state index is 13.3. The van der Waals surface area contributed by atoms with Crippen LogP contribution in [0.15, 0.2) is 63.9 Å². The van der Waals surface area contributed by atoms with Crippen LogP contribution in [-0.4, -0.2) is 26.7 Å². The van der Waals surface area contributed by atoms with Crippen LogP contribution in [0.3, 0.4) is 0 Å². The highest BCUT2D eigenvalue weighted by molar-refractivity contribution is 8.06. The number of fused-ring (bicyclic) bond motifs is 3. The smallest absolute Gasteiger partial charge is 0.182 e. The number of hydrogen-bond acceptors (Lipinski definition) is 6. The quantitative estimate of drug-likeness (QED) is 0.552. The minimum atomic E-state index is -0.275. The van der Waals surface area contributed by atoms with E-state index in [-0.39, 0.29) is 5.82 Å². The molecule has 0 spiro atoms. The summed E-state index contributed by atoms with van der Waals surface area (Å²) < 4.78 is 15.3. The van der Waals surface area contributed by atoms with E-state index in [9.17, 15) is 9.65 Å². The Morgan fingerprint density at radius 2 is 1.93 bits per heavy atom. The second kappa shape index (κ2) is 7.10. The van der Waals surface area contributed by atoms with Crippen molar-refractivity contribution in [1.29, 1.82) is 5.26 Å². The van der Waals surface area contributed by atoms with Crippen molar-refractivity contribution < 1.29 is 4.39 Å². The van der Waals surface area contributed by atoms with Crippen molar-refractivity contribution in [2.75, 3.05) is 7.05 Å². The van der Waals surface area contributed by atoms with Gasteiger partial charge in [0.15, 0.2) is 5.82 Å². The molecule has 1 aromatic heterocycles. The first-order valence-electron chi connectivity index (χ1n) is 8.85. The summed E-state index contributed by atoms with van der Waals surface area (Å²) in [5.41, 5.74) is 3.25. The molecule has 2 aliphatic heterocycles. The third-order valence-electron chi connectivity index (χ3n) is 4.83. The van der Waals surface area contributed by atoms with Gasteiger partial charge < -0.3 is 4.90 Å². The average molecular weight is 420 g/mol. The van der Waals surface area contributed by atoms with Gasteiger partial charge in [0.25, 0.3) is 0 Å². The van der Waals surface area contributed by atoms with Gasteiger partial charge in [0, 0.05) is 17.4 Å². The predicted octanol–water partition coefficient (Wildman–Crippen LogP) is 4.88. The number of thioether (sulfide) groups is 2. The van der Waals surface area contributed by atoms with Crippen LogP contribution in [-0.2, 0) is 5.75 Å². The molecule has 0 aliphatic carbocycles. The van der Waals surface area contributed by atoms with Crippen LogP contribution in [0, 0.1) is 17.1 Å². The van der Waals surface area contributed by atoms with Gasteiger partial charge in [-0.2, -0.15) is 5.26 Å². The number of nitriles is 1. The predicted molar refractivity (Wildman–Crippen MR) is 113 cm³/mol. The van der Waals surface area contributed by atoms with Crippen LogP contribution in [0.4, 0.5) is 4.39 Å². The normalized spacial score (nSPS) is 16.7. The number of aromatic nitrogens is 3. The second-order valence-corrected chi connectivity index (χ2v) is 8.39. The highest BCUT2D eigenvalue weighted by Gasteiger charge is 2.29. The molecule has 5 nitrogen and oxygen atoms in total. The van der Waals surface area contributed by atoms with E-state index in [4.69, 9.17) is 0 Å². The van der Waals surface area contributed by atoms with Crippen molar-refractivity contribution in [2.24, 2.45) is 0 Å². The molecule has 8 heteroatoms. The Kier molecular flexibility index (Phi) is 4.42. The van der Waals surface area contributed by atoms with Crippen LogP contribution in [0.25, 0.3) is 17.0 Å². The summed E-state index contributed by atoms with van der Waals surface area (Å²) in [6.07, 6.45) is 0. The molecule has 29 heavy (non-hydrogen) atoms. The first-order valence-corrected chi connectivity index (χ1v) is 10.7. The fourth-order valence-corrected chi connectivity index (χ4v) is 5.40. The van der Waals surface area contributed by atoms with Gasteiger partial charge in [-0.1, -0.05) is 23.9 Å².